The fourth-order valence-corrected chi connectivity index (χ4v) is 4.66. The highest BCUT2D eigenvalue weighted by atomic mass is 35.5. The van der Waals surface area contributed by atoms with E-state index in [1.165, 1.54) is 11.3 Å². The van der Waals surface area contributed by atoms with Gasteiger partial charge >= 0.3 is 0 Å². The highest BCUT2D eigenvalue weighted by Gasteiger charge is 2.37. The van der Waals surface area contributed by atoms with Crippen molar-refractivity contribution in [3.05, 3.63) is 87.1 Å². The molecule has 4 heterocycles. The zero-order valence-corrected chi connectivity index (χ0v) is 18.7. The summed E-state index contributed by atoms with van der Waals surface area (Å²) < 4.78 is 0. The summed E-state index contributed by atoms with van der Waals surface area (Å²) in [6.07, 6.45) is 4.80. The zero-order valence-electron chi connectivity index (χ0n) is 17.2. The van der Waals surface area contributed by atoms with E-state index in [1.54, 1.807) is 18.2 Å². The highest BCUT2D eigenvalue weighted by Crippen LogP contribution is 2.35. The van der Waals surface area contributed by atoms with Gasteiger partial charge in [-0.2, -0.15) is 0 Å². The summed E-state index contributed by atoms with van der Waals surface area (Å²) in [6, 6.07) is 11.1. The molecule has 8 heteroatoms. The van der Waals surface area contributed by atoms with Crippen LogP contribution in [-0.2, 0) is 6.54 Å². The Labute approximate surface area is 191 Å². The molecular formula is C23H23Cl2N5O. The van der Waals surface area contributed by atoms with Crippen molar-refractivity contribution < 1.29 is 4.79 Å². The second-order valence-corrected chi connectivity index (χ2v) is 8.96. The summed E-state index contributed by atoms with van der Waals surface area (Å²) in [5, 5.41) is 3.04. The number of carbonyl (C=O) groups is 1. The van der Waals surface area contributed by atoms with Gasteiger partial charge in [0.1, 0.15) is 0 Å². The molecule has 3 aliphatic heterocycles. The van der Waals surface area contributed by atoms with Crippen LogP contribution in [0.1, 0.15) is 29.4 Å². The molecule has 0 unspecified atom stereocenters. The second kappa shape index (κ2) is 8.09. The highest BCUT2D eigenvalue weighted by molar-refractivity contribution is 6.42. The van der Waals surface area contributed by atoms with E-state index < -0.39 is 0 Å². The minimum atomic E-state index is -0.0298. The number of nitrogens with zero attached hydrogens (tertiary/aromatic N) is 4. The molecule has 0 saturated heterocycles. The summed E-state index contributed by atoms with van der Waals surface area (Å²) in [5.41, 5.74) is 8.67. The first-order valence-corrected chi connectivity index (χ1v) is 11.1. The maximum atomic E-state index is 13.3. The largest absolute Gasteiger partial charge is 0.368 e. The van der Waals surface area contributed by atoms with Crippen molar-refractivity contribution in [2.75, 3.05) is 19.6 Å². The van der Waals surface area contributed by atoms with Crippen LogP contribution in [0, 0.1) is 0 Å². The lowest BCUT2D eigenvalue weighted by Gasteiger charge is -2.35. The Balaban J connectivity index is 1.38. The molecule has 1 aromatic carbocycles. The first-order valence-electron chi connectivity index (χ1n) is 10.4. The maximum Gasteiger partial charge on any atom is 0.254 e. The van der Waals surface area contributed by atoms with Crippen LogP contribution in [0.3, 0.4) is 0 Å². The summed E-state index contributed by atoms with van der Waals surface area (Å²) in [6.45, 7) is 5.20. The molecule has 0 bridgehead atoms. The molecule has 6 nitrogen and oxygen atoms in total. The molecule has 0 aliphatic carbocycles. The minimum absolute atomic E-state index is 0.0298. The number of hydrazine groups is 1. The van der Waals surface area contributed by atoms with Crippen molar-refractivity contribution >= 4 is 29.1 Å². The third-order valence-electron chi connectivity index (χ3n) is 6.03. The van der Waals surface area contributed by atoms with E-state index >= 15 is 0 Å². The molecule has 2 aromatic rings. The van der Waals surface area contributed by atoms with Gasteiger partial charge in [-0.1, -0.05) is 29.3 Å². The lowest BCUT2D eigenvalue weighted by molar-refractivity contribution is 0.0699. The molecule has 3 aliphatic rings. The Hall–Kier alpha value is -2.70. The monoisotopic (exact) mass is 455 g/mol. The van der Waals surface area contributed by atoms with E-state index in [9.17, 15) is 4.79 Å². The summed E-state index contributed by atoms with van der Waals surface area (Å²) >= 11 is 12.2. The van der Waals surface area contributed by atoms with Crippen molar-refractivity contribution in [1.82, 2.24) is 25.2 Å². The predicted molar refractivity (Wildman–Crippen MR) is 121 cm³/mol. The van der Waals surface area contributed by atoms with Gasteiger partial charge in [-0.3, -0.25) is 14.8 Å². The molecule has 160 valence electrons. The van der Waals surface area contributed by atoms with E-state index in [2.05, 4.69) is 33.4 Å². The van der Waals surface area contributed by atoms with Crippen molar-refractivity contribution in [3.63, 3.8) is 0 Å². The van der Waals surface area contributed by atoms with Crippen molar-refractivity contribution in [2.24, 2.45) is 0 Å². The molecule has 1 N–H and O–H groups in total. The summed E-state index contributed by atoms with van der Waals surface area (Å²) in [7, 11) is 0. The first-order chi connectivity index (χ1) is 15.0. The number of fused-ring (bicyclic) bond motifs is 2. The molecular weight excluding hydrogens is 433 g/mol. The summed E-state index contributed by atoms with van der Waals surface area (Å²) in [5.74, 6) is -0.0298. The predicted octanol–water partition coefficient (Wildman–Crippen LogP) is 4.05. The van der Waals surface area contributed by atoms with Gasteiger partial charge in [0.05, 0.1) is 41.1 Å². The fraction of sp³-hybridized carbons (Fsp3) is 0.304. The SMILES string of the molecule is C[C@@H]1CC2=C(CN1C(=O)c1ccc(Cl)c(Cl)c1)C1=CN(Cc3ccccn3)CCN1N2. The Morgan fingerprint density at radius 2 is 2.06 bits per heavy atom. The Morgan fingerprint density at radius 1 is 1.19 bits per heavy atom. The van der Waals surface area contributed by atoms with Crippen LogP contribution in [0.4, 0.5) is 0 Å². The van der Waals surface area contributed by atoms with Gasteiger partial charge in [-0.05, 0) is 37.3 Å². The molecule has 31 heavy (non-hydrogen) atoms. The standard InChI is InChI=1S/C23H23Cl2N5O/c1-15-10-21-18(13-29(15)23(31)16-5-6-19(24)20(25)11-16)22-14-28(8-9-30(22)27-21)12-17-4-2-3-7-26-17/h2-7,11,14-15,27H,8-10,12-13H2,1H3/t15-/m1/s1. The van der Waals surface area contributed by atoms with Crippen LogP contribution >= 0.6 is 23.2 Å². The Morgan fingerprint density at radius 3 is 2.84 bits per heavy atom. The van der Waals surface area contributed by atoms with Gasteiger partial charge < -0.3 is 15.2 Å². The minimum Gasteiger partial charge on any atom is -0.368 e. The van der Waals surface area contributed by atoms with Crippen LogP contribution in [0.2, 0.25) is 10.0 Å². The normalized spacial score (nSPS) is 20.3. The number of rotatable bonds is 3. The van der Waals surface area contributed by atoms with Gasteiger partial charge in [0.2, 0.25) is 0 Å². The van der Waals surface area contributed by atoms with Crippen LogP contribution in [0.15, 0.2) is 65.8 Å². The average molecular weight is 456 g/mol. The van der Waals surface area contributed by atoms with E-state index in [0.717, 1.165) is 37.4 Å². The lowest BCUT2D eigenvalue weighted by Crippen LogP contribution is -2.43. The van der Waals surface area contributed by atoms with Crippen LogP contribution in [0.5, 0.6) is 0 Å². The van der Waals surface area contributed by atoms with E-state index in [-0.39, 0.29) is 11.9 Å². The number of pyridine rings is 1. The number of hydrogen-bond acceptors (Lipinski definition) is 5. The van der Waals surface area contributed by atoms with E-state index in [1.807, 2.05) is 29.3 Å². The number of aromatic nitrogens is 1. The number of benzene rings is 1. The average Bonchev–Trinajstić information content (AvgIpc) is 3.12. The molecule has 1 amide bonds. The number of hydrogen-bond donors (Lipinski definition) is 1. The van der Waals surface area contributed by atoms with Crippen LogP contribution < -0.4 is 5.43 Å². The van der Waals surface area contributed by atoms with Crippen molar-refractivity contribution in [2.45, 2.75) is 25.9 Å². The first kappa shape index (κ1) is 20.2. The molecule has 0 spiro atoms. The molecule has 0 fully saturated rings. The third-order valence-corrected chi connectivity index (χ3v) is 6.77. The number of nitrogens with one attached hydrogen (secondary N) is 1. The number of amides is 1. The molecule has 1 atom stereocenters. The van der Waals surface area contributed by atoms with E-state index in [4.69, 9.17) is 23.2 Å². The Bertz CT molecular complexity index is 1080. The molecule has 0 radical (unpaired) electrons. The Kier molecular flexibility index (Phi) is 5.28. The van der Waals surface area contributed by atoms with Crippen molar-refractivity contribution in [3.8, 4) is 0 Å². The number of carbonyl (C=O) groups excluding carboxylic acids is 1. The molecule has 1 aromatic heterocycles. The molecule has 5 rings (SSSR count). The third kappa shape index (κ3) is 3.86. The maximum absolute atomic E-state index is 13.3. The number of halogens is 2. The van der Waals surface area contributed by atoms with Gasteiger partial charge in [0.15, 0.2) is 0 Å². The lowest BCUT2D eigenvalue weighted by atomic mass is 9.98. The van der Waals surface area contributed by atoms with E-state index in [0.29, 0.717) is 22.2 Å². The fourth-order valence-electron chi connectivity index (χ4n) is 4.37. The van der Waals surface area contributed by atoms with Gasteiger partial charge in [0, 0.05) is 48.2 Å². The topological polar surface area (TPSA) is 51.7 Å². The quantitative estimate of drug-likeness (QED) is 0.756. The van der Waals surface area contributed by atoms with Gasteiger partial charge in [-0.25, -0.2) is 0 Å². The second-order valence-electron chi connectivity index (χ2n) is 8.14. The summed E-state index contributed by atoms with van der Waals surface area (Å²) in [4.78, 5) is 21.9. The van der Waals surface area contributed by atoms with Gasteiger partial charge in [0.25, 0.3) is 5.91 Å². The smallest absolute Gasteiger partial charge is 0.254 e. The van der Waals surface area contributed by atoms with Crippen molar-refractivity contribution in [1.29, 1.82) is 0 Å². The van der Waals surface area contributed by atoms with Gasteiger partial charge in [-0.15, -0.1) is 0 Å². The van der Waals surface area contributed by atoms with Crippen LogP contribution in [-0.4, -0.2) is 51.4 Å². The van der Waals surface area contributed by atoms with Crippen LogP contribution in [0.25, 0.3) is 0 Å². The zero-order chi connectivity index (χ0) is 21.5. The molecule has 0 saturated carbocycles.